The third-order valence-corrected chi connectivity index (χ3v) is 13.6. The highest BCUT2D eigenvalue weighted by Gasteiger charge is 2.26. The lowest BCUT2D eigenvalue weighted by molar-refractivity contribution is -0.125. The van der Waals surface area contributed by atoms with Crippen LogP contribution in [0.25, 0.3) is 0 Å². The molecule has 25 nitrogen and oxygen atoms in total. The molecule has 0 bridgehead atoms. The second-order valence-corrected chi connectivity index (χ2v) is 21.1. The molecule has 6 N–H and O–H groups in total. The van der Waals surface area contributed by atoms with Crippen LogP contribution in [0.5, 0.6) is 17.2 Å². The molecular formula is C59H80N12O13. The van der Waals surface area contributed by atoms with E-state index in [4.69, 9.17) is 18.9 Å². The molecule has 0 saturated heterocycles. The van der Waals surface area contributed by atoms with Crippen LogP contribution < -0.4 is 62.8 Å². The zero-order chi connectivity index (χ0) is 61.8. The van der Waals surface area contributed by atoms with Gasteiger partial charge in [0.25, 0.3) is 40.3 Å². The molecule has 4 aromatic rings. The van der Waals surface area contributed by atoms with E-state index in [-0.39, 0.29) is 122 Å². The van der Waals surface area contributed by atoms with Gasteiger partial charge in [0.05, 0.1) is 56.4 Å². The Balaban J connectivity index is 1.48. The minimum atomic E-state index is -0.551. The predicted octanol–water partition coefficient (Wildman–Crippen LogP) is 1.48. The van der Waals surface area contributed by atoms with Gasteiger partial charge in [0.15, 0.2) is 23.0 Å². The summed E-state index contributed by atoms with van der Waals surface area (Å²) in [6.45, 7) is 11.7. The van der Waals surface area contributed by atoms with Gasteiger partial charge in [0.2, 0.25) is 11.8 Å². The van der Waals surface area contributed by atoms with Crippen LogP contribution in [0, 0.1) is 5.92 Å². The molecule has 1 aliphatic heterocycles. The summed E-state index contributed by atoms with van der Waals surface area (Å²) in [5.74, 6) is -2.97. The first kappa shape index (κ1) is 65.8. The Morgan fingerprint density at radius 3 is 1.33 bits per heavy atom. The SMILES string of the molecule is C=C1C(OC)=C(C(=O)NCCN(CCNC(=O)c2ccn(C)c(=O)c2OC)CC(Cc2ccc(NC(=O)CCC(=O)NC(C)(C)C)cc2)CN(CCNC(=O)c2ccn(C)c(=O)c2OC)CCNC(=O)c2ccn(C)c(=O)c2OC)C=CN1C. The number of hydrogen-bond acceptors (Lipinski definition) is 16. The standard InChI is InChI=1S/C59H80N12O13/c1-38-48(81-9)42(19-27-66(38)5)52(74)60-23-31-70(32-24-61-53(75)43-20-28-67(6)56(78)49(43)82-10)36-40(35-39-13-15-41(16-14-39)64-46(72)17-18-47(73)65-59(2,3)4)37-71(33-25-62-54(76)44-21-29-68(7)57(79)50(44)83-11)34-26-63-55(77)45-22-30-69(8)58(80)51(45)84-12/h13-16,19-22,27-30,40H,1,17-18,23-26,31-37H2,2-12H3,(H,60,74)(H,61,75)(H,62,76)(H,63,77)(H,64,72)(H,65,73). The Bertz CT molecular complexity index is 3200. The largest absolute Gasteiger partial charge is 0.494 e. The number of aromatic nitrogens is 3. The summed E-state index contributed by atoms with van der Waals surface area (Å²) in [6.07, 6.45) is 8.15. The number of hydrogen-bond donors (Lipinski definition) is 6. The van der Waals surface area contributed by atoms with Crippen LogP contribution in [0.3, 0.4) is 0 Å². The Hall–Kier alpha value is -8.97. The number of carbonyl (C=O) groups is 6. The molecule has 4 heterocycles. The summed E-state index contributed by atoms with van der Waals surface area (Å²) in [6, 6.07) is 11.7. The minimum Gasteiger partial charge on any atom is -0.494 e. The average Bonchev–Trinajstić information content (AvgIpc) is 3.62. The molecule has 0 radical (unpaired) electrons. The number of benzene rings is 1. The number of methoxy groups -OCH3 is 4. The van der Waals surface area contributed by atoms with E-state index in [1.807, 2.05) is 37.8 Å². The molecule has 5 rings (SSSR count). The average molecular weight is 1170 g/mol. The second-order valence-electron chi connectivity index (χ2n) is 21.1. The van der Waals surface area contributed by atoms with Gasteiger partial charge in [-0.2, -0.15) is 0 Å². The zero-order valence-electron chi connectivity index (χ0n) is 49.9. The van der Waals surface area contributed by atoms with Gasteiger partial charge in [-0.3, -0.25) is 53.0 Å². The lowest BCUT2D eigenvalue weighted by Gasteiger charge is -2.32. The molecule has 1 aliphatic rings. The van der Waals surface area contributed by atoms with Gasteiger partial charge >= 0.3 is 0 Å². The molecule has 1 aromatic carbocycles. The van der Waals surface area contributed by atoms with Gasteiger partial charge in [0.1, 0.15) is 0 Å². The number of amides is 6. The van der Waals surface area contributed by atoms with Crippen molar-refractivity contribution in [3.63, 3.8) is 0 Å². The van der Waals surface area contributed by atoms with Crippen molar-refractivity contribution in [1.82, 2.24) is 55.0 Å². The Kier molecular flexibility index (Phi) is 24.2. The molecule has 0 aliphatic carbocycles. The van der Waals surface area contributed by atoms with E-state index in [1.165, 1.54) is 78.9 Å². The highest BCUT2D eigenvalue weighted by atomic mass is 16.5. The summed E-state index contributed by atoms with van der Waals surface area (Å²) in [5, 5.41) is 17.5. The quantitative estimate of drug-likeness (QED) is 0.0431. The highest BCUT2D eigenvalue weighted by Crippen LogP contribution is 2.24. The lowest BCUT2D eigenvalue weighted by atomic mass is 9.97. The van der Waals surface area contributed by atoms with Gasteiger partial charge in [-0.25, -0.2) is 0 Å². The summed E-state index contributed by atoms with van der Waals surface area (Å²) < 4.78 is 25.5. The molecule has 25 heteroatoms. The van der Waals surface area contributed by atoms with Crippen molar-refractivity contribution in [2.24, 2.45) is 27.1 Å². The third-order valence-electron chi connectivity index (χ3n) is 13.6. The molecule has 454 valence electrons. The Labute approximate surface area is 488 Å². The van der Waals surface area contributed by atoms with E-state index < -0.39 is 45.8 Å². The fourth-order valence-corrected chi connectivity index (χ4v) is 9.20. The predicted molar refractivity (Wildman–Crippen MR) is 317 cm³/mol. The van der Waals surface area contributed by atoms with Crippen LogP contribution in [0.1, 0.15) is 70.3 Å². The second kappa shape index (κ2) is 30.9. The number of carbonyl (C=O) groups excluding carboxylic acids is 6. The van der Waals surface area contributed by atoms with Crippen molar-refractivity contribution in [2.45, 2.75) is 45.6 Å². The van der Waals surface area contributed by atoms with Crippen molar-refractivity contribution in [3.05, 3.63) is 150 Å². The molecule has 1 atom stereocenters. The van der Waals surface area contributed by atoms with Gasteiger partial charge in [0, 0.05) is 142 Å². The van der Waals surface area contributed by atoms with Crippen LogP contribution in [0.4, 0.5) is 5.69 Å². The van der Waals surface area contributed by atoms with Crippen LogP contribution in [0.2, 0.25) is 0 Å². The van der Waals surface area contributed by atoms with Crippen molar-refractivity contribution >= 4 is 41.1 Å². The number of likely N-dealkylation sites (N-methyl/N-ethyl adjacent to an activating group) is 1. The van der Waals surface area contributed by atoms with E-state index in [1.54, 1.807) is 57.5 Å². The van der Waals surface area contributed by atoms with E-state index in [2.05, 4.69) is 43.4 Å². The first-order valence-corrected chi connectivity index (χ1v) is 27.3. The smallest absolute Gasteiger partial charge is 0.293 e. The molecule has 6 amide bonds. The summed E-state index contributed by atoms with van der Waals surface area (Å²) in [4.78, 5) is 125. The molecule has 84 heavy (non-hydrogen) atoms. The Morgan fingerprint density at radius 1 is 0.560 bits per heavy atom. The first-order chi connectivity index (χ1) is 39.9. The van der Waals surface area contributed by atoms with E-state index in [0.29, 0.717) is 36.7 Å². The van der Waals surface area contributed by atoms with Crippen LogP contribution in [-0.2, 0) is 46.7 Å². The monoisotopic (exact) mass is 1160 g/mol. The molecule has 3 aromatic heterocycles. The van der Waals surface area contributed by atoms with Gasteiger partial charge in [-0.15, -0.1) is 0 Å². The van der Waals surface area contributed by atoms with Gasteiger partial charge in [-0.05, 0) is 75.1 Å². The van der Waals surface area contributed by atoms with Gasteiger partial charge in [-0.1, -0.05) is 18.7 Å². The third kappa shape index (κ3) is 18.5. The highest BCUT2D eigenvalue weighted by molar-refractivity contribution is 5.99. The molecular weight excluding hydrogens is 1080 g/mol. The maximum Gasteiger partial charge on any atom is 0.293 e. The molecule has 0 saturated carbocycles. The van der Waals surface area contributed by atoms with Crippen LogP contribution >= 0.6 is 0 Å². The van der Waals surface area contributed by atoms with Crippen molar-refractivity contribution in [2.75, 3.05) is 106 Å². The fourth-order valence-electron chi connectivity index (χ4n) is 9.20. The topological polar surface area (TPSA) is 287 Å². The number of ether oxygens (including phenoxy) is 4. The zero-order valence-corrected chi connectivity index (χ0v) is 49.9. The normalized spacial score (nSPS) is 12.6. The fraction of sp³-hybridized carbons (Fsp3) is 0.441. The number of rotatable bonds is 30. The van der Waals surface area contributed by atoms with E-state index >= 15 is 0 Å². The van der Waals surface area contributed by atoms with E-state index in [9.17, 15) is 43.2 Å². The number of pyridine rings is 3. The molecule has 1 unspecified atom stereocenters. The maximum absolute atomic E-state index is 13.8. The number of nitrogens with one attached hydrogen (secondary N) is 6. The number of aryl methyl sites for hydroxylation is 3. The van der Waals surface area contributed by atoms with E-state index in [0.717, 1.165) is 5.56 Å². The van der Waals surface area contributed by atoms with Crippen molar-refractivity contribution in [3.8, 4) is 17.2 Å². The maximum atomic E-state index is 13.8. The summed E-state index contributed by atoms with van der Waals surface area (Å²) in [5.41, 5.74) is 0.365. The minimum absolute atomic E-state index is 0.00811. The van der Waals surface area contributed by atoms with Crippen LogP contribution in [0.15, 0.2) is 111 Å². The van der Waals surface area contributed by atoms with Crippen molar-refractivity contribution < 1.29 is 47.7 Å². The lowest BCUT2D eigenvalue weighted by Crippen LogP contribution is -2.46. The van der Waals surface area contributed by atoms with Crippen molar-refractivity contribution in [1.29, 1.82) is 0 Å². The molecule has 0 spiro atoms. The van der Waals surface area contributed by atoms with Crippen LogP contribution in [-0.4, -0.2) is 170 Å². The number of nitrogens with zero attached hydrogens (tertiary/aromatic N) is 6. The first-order valence-electron chi connectivity index (χ1n) is 27.3. The Morgan fingerprint density at radius 2 is 0.952 bits per heavy atom. The number of anilines is 1. The molecule has 0 fully saturated rings. The summed E-state index contributed by atoms with van der Waals surface area (Å²) >= 11 is 0. The summed E-state index contributed by atoms with van der Waals surface area (Å²) in [7, 11) is 11.8. The van der Waals surface area contributed by atoms with Gasteiger partial charge < -0.3 is 69.4 Å².